The van der Waals surface area contributed by atoms with Crippen LogP contribution >= 0.6 is 0 Å². The maximum Gasteiger partial charge on any atom is 0.0431 e. The van der Waals surface area contributed by atoms with Crippen LogP contribution in [-0.2, 0) is 0 Å². The molecule has 0 saturated carbocycles. The molecule has 1 atom stereocenters. The summed E-state index contributed by atoms with van der Waals surface area (Å²) >= 11 is 0. The van der Waals surface area contributed by atoms with E-state index in [4.69, 9.17) is 10.8 Å². The minimum absolute atomic E-state index is 0.333. The zero-order valence-corrected chi connectivity index (χ0v) is 9.12. The number of nitrogens with two attached hydrogens (primary N) is 1. The molecule has 0 bridgehead atoms. The van der Waals surface area contributed by atoms with Crippen LogP contribution in [0, 0.1) is 5.92 Å². The zero-order valence-electron chi connectivity index (χ0n) is 9.12. The molecular formula is C11H24N2O. The van der Waals surface area contributed by atoms with Crippen LogP contribution < -0.4 is 5.73 Å². The molecule has 0 aromatic carbocycles. The molecule has 1 fully saturated rings. The molecule has 3 N–H and O–H groups in total. The van der Waals surface area contributed by atoms with E-state index >= 15 is 0 Å². The molecule has 14 heavy (non-hydrogen) atoms. The molecule has 1 aliphatic heterocycles. The van der Waals surface area contributed by atoms with Crippen molar-refractivity contribution in [1.82, 2.24) is 4.90 Å². The Labute approximate surface area is 87.3 Å². The van der Waals surface area contributed by atoms with Gasteiger partial charge >= 0.3 is 0 Å². The zero-order chi connectivity index (χ0) is 10.2. The third-order valence-corrected chi connectivity index (χ3v) is 3.06. The molecule has 1 heterocycles. The van der Waals surface area contributed by atoms with Gasteiger partial charge in [0.1, 0.15) is 0 Å². The van der Waals surface area contributed by atoms with Crippen molar-refractivity contribution in [1.29, 1.82) is 0 Å². The molecule has 0 amide bonds. The van der Waals surface area contributed by atoms with Crippen LogP contribution in [0.1, 0.15) is 32.1 Å². The number of unbranched alkanes of at least 4 members (excludes halogenated alkanes) is 1. The SMILES string of the molecule is NCC[C@H]1CCCN(CCCCO)C1. The molecule has 0 radical (unpaired) electrons. The Morgan fingerprint density at radius 1 is 1.36 bits per heavy atom. The molecule has 3 nitrogen and oxygen atoms in total. The van der Waals surface area contributed by atoms with E-state index in [2.05, 4.69) is 4.90 Å². The van der Waals surface area contributed by atoms with E-state index in [-0.39, 0.29) is 0 Å². The summed E-state index contributed by atoms with van der Waals surface area (Å²) in [4.78, 5) is 2.53. The summed E-state index contributed by atoms with van der Waals surface area (Å²) in [5.74, 6) is 0.822. The Bertz CT molecular complexity index is 139. The fourth-order valence-electron chi connectivity index (χ4n) is 2.27. The van der Waals surface area contributed by atoms with Crippen molar-refractivity contribution in [2.75, 3.05) is 32.8 Å². The molecule has 0 spiro atoms. The van der Waals surface area contributed by atoms with Gasteiger partial charge in [-0.2, -0.15) is 0 Å². The number of nitrogens with zero attached hydrogens (tertiary/aromatic N) is 1. The first kappa shape index (κ1) is 12.0. The highest BCUT2D eigenvalue weighted by Gasteiger charge is 2.18. The standard InChI is InChI=1S/C11H24N2O/c12-6-5-11-4-3-8-13(10-11)7-1-2-9-14/h11,14H,1-10,12H2/t11-/m1/s1. The second kappa shape index (κ2) is 7.21. The number of piperidine rings is 1. The fraction of sp³-hybridized carbons (Fsp3) is 1.00. The highest BCUT2D eigenvalue weighted by molar-refractivity contribution is 4.73. The monoisotopic (exact) mass is 200 g/mol. The maximum atomic E-state index is 8.70. The van der Waals surface area contributed by atoms with Crippen molar-refractivity contribution in [2.24, 2.45) is 11.7 Å². The van der Waals surface area contributed by atoms with Gasteiger partial charge in [0, 0.05) is 13.2 Å². The van der Waals surface area contributed by atoms with Crippen molar-refractivity contribution < 1.29 is 5.11 Å². The topological polar surface area (TPSA) is 49.5 Å². The Hall–Kier alpha value is -0.120. The molecule has 1 aliphatic rings. The van der Waals surface area contributed by atoms with E-state index in [0.29, 0.717) is 6.61 Å². The van der Waals surface area contributed by atoms with Crippen LogP contribution in [0.15, 0.2) is 0 Å². The van der Waals surface area contributed by atoms with E-state index < -0.39 is 0 Å². The summed E-state index contributed by atoms with van der Waals surface area (Å²) < 4.78 is 0. The van der Waals surface area contributed by atoms with Gasteiger partial charge in [-0.25, -0.2) is 0 Å². The molecular weight excluding hydrogens is 176 g/mol. The number of hydrogen-bond donors (Lipinski definition) is 2. The molecule has 84 valence electrons. The summed E-state index contributed by atoms with van der Waals surface area (Å²) in [7, 11) is 0. The third-order valence-electron chi connectivity index (χ3n) is 3.06. The first-order chi connectivity index (χ1) is 6.86. The lowest BCUT2D eigenvalue weighted by Crippen LogP contribution is -2.36. The average Bonchev–Trinajstić information content (AvgIpc) is 2.19. The quantitative estimate of drug-likeness (QED) is 0.624. The second-order valence-electron chi connectivity index (χ2n) is 4.32. The van der Waals surface area contributed by atoms with Crippen LogP contribution in [-0.4, -0.2) is 42.8 Å². The lowest BCUT2D eigenvalue weighted by atomic mass is 9.95. The number of aliphatic hydroxyl groups excluding tert-OH is 1. The van der Waals surface area contributed by atoms with E-state index in [1.807, 2.05) is 0 Å². The van der Waals surface area contributed by atoms with Crippen LogP contribution in [0.4, 0.5) is 0 Å². The summed E-state index contributed by atoms with van der Waals surface area (Å²) in [5.41, 5.74) is 5.57. The van der Waals surface area contributed by atoms with Gasteiger partial charge in [0.2, 0.25) is 0 Å². The van der Waals surface area contributed by atoms with Crippen LogP contribution in [0.2, 0.25) is 0 Å². The van der Waals surface area contributed by atoms with Crippen molar-refractivity contribution in [2.45, 2.75) is 32.1 Å². The first-order valence-corrected chi connectivity index (χ1v) is 5.90. The Morgan fingerprint density at radius 3 is 2.93 bits per heavy atom. The number of hydrogen-bond acceptors (Lipinski definition) is 3. The fourth-order valence-corrected chi connectivity index (χ4v) is 2.27. The van der Waals surface area contributed by atoms with E-state index in [1.54, 1.807) is 0 Å². The molecule has 0 aliphatic carbocycles. The molecule has 0 unspecified atom stereocenters. The van der Waals surface area contributed by atoms with Crippen molar-refractivity contribution in [3.63, 3.8) is 0 Å². The predicted molar refractivity (Wildman–Crippen MR) is 59.2 cm³/mol. The predicted octanol–water partition coefficient (Wildman–Crippen LogP) is 0.820. The van der Waals surface area contributed by atoms with E-state index in [9.17, 15) is 0 Å². The number of aliphatic hydroxyl groups is 1. The smallest absolute Gasteiger partial charge is 0.0431 e. The molecule has 0 aromatic heterocycles. The lowest BCUT2D eigenvalue weighted by Gasteiger charge is -2.32. The van der Waals surface area contributed by atoms with Gasteiger partial charge in [-0.15, -0.1) is 0 Å². The van der Waals surface area contributed by atoms with Gasteiger partial charge in [0.25, 0.3) is 0 Å². The highest BCUT2D eigenvalue weighted by Crippen LogP contribution is 2.19. The van der Waals surface area contributed by atoms with Gasteiger partial charge in [-0.05, 0) is 57.7 Å². The van der Waals surface area contributed by atoms with Gasteiger partial charge in [0.05, 0.1) is 0 Å². The summed E-state index contributed by atoms with van der Waals surface area (Å²) in [6.45, 7) is 4.78. The lowest BCUT2D eigenvalue weighted by molar-refractivity contribution is 0.163. The maximum absolute atomic E-state index is 8.70. The third kappa shape index (κ3) is 4.40. The summed E-state index contributed by atoms with van der Waals surface area (Å²) in [6.07, 6.45) is 5.93. The largest absolute Gasteiger partial charge is 0.396 e. The van der Waals surface area contributed by atoms with Gasteiger partial charge < -0.3 is 15.7 Å². The van der Waals surface area contributed by atoms with Crippen LogP contribution in [0.25, 0.3) is 0 Å². The van der Waals surface area contributed by atoms with E-state index in [0.717, 1.165) is 31.8 Å². The minimum Gasteiger partial charge on any atom is -0.396 e. The second-order valence-corrected chi connectivity index (χ2v) is 4.32. The molecule has 1 saturated heterocycles. The van der Waals surface area contributed by atoms with Gasteiger partial charge in [0.15, 0.2) is 0 Å². The Balaban J connectivity index is 2.12. The van der Waals surface area contributed by atoms with E-state index in [1.165, 1.54) is 32.4 Å². The minimum atomic E-state index is 0.333. The average molecular weight is 200 g/mol. The number of rotatable bonds is 6. The van der Waals surface area contributed by atoms with Crippen molar-refractivity contribution >= 4 is 0 Å². The Kier molecular flexibility index (Phi) is 6.15. The normalized spacial score (nSPS) is 24.0. The van der Waals surface area contributed by atoms with Gasteiger partial charge in [-0.1, -0.05) is 0 Å². The molecule has 0 aromatic rings. The Morgan fingerprint density at radius 2 is 2.21 bits per heavy atom. The van der Waals surface area contributed by atoms with Crippen LogP contribution in [0.5, 0.6) is 0 Å². The van der Waals surface area contributed by atoms with Gasteiger partial charge in [-0.3, -0.25) is 0 Å². The van der Waals surface area contributed by atoms with Crippen LogP contribution in [0.3, 0.4) is 0 Å². The summed E-state index contributed by atoms with van der Waals surface area (Å²) in [6, 6.07) is 0. The summed E-state index contributed by atoms with van der Waals surface area (Å²) in [5, 5.41) is 8.70. The van der Waals surface area contributed by atoms with Crippen molar-refractivity contribution in [3.05, 3.63) is 0 Å². The highest BCUT2D eigenvalue weighted by atomic mass is 16.2. The molecule has 1 rings (SSSR count). The molecule has 3 heteroatoms. The number of likely N-dealkylation sites (tertiary alicyclic amines) is 1. The van der Waals surface area contributed by atoms with Crippen molar-refractivity contribution in [3.8, 4) is 0 Å². The first-order valence-electron chi connectivity index (χ1n) is 5.90.